The molecule has 3 aromatic rings. The summed E-state index contributed by atoms with van der Waals surface area (Å²) in [4.78, 5) is 15.5. The number of amides is 1. The minimum atomic E-state index is -3.62. The third-order valence-electron chi connectivity index (χ3n) is 7.37. The first-order chi connectivity index (χ1) is 17.2. The van der Waals surface area contributed by atoms with Crippen molar-refractivity contribution in [1.82, 2.24) is 10.2 Å². The molecule has 4 atom stereocenters. The summed E-state index contributed by atoms with van der Waals surface area (Å²) in [5.74, 6) is -0.0522. The van der Waals surface area contributed by atoms with Crippen LogP contribution in [0.2, 0.25) is 0 Å². The van der Waals surface area contributed by atoms with E-state index in [0.717, 1.165) is 22.9 Å². The van der Waals surface area contributed by atoms with Gasteiger partial charge in [0, 0.05) is 5.25 Å². The lowest BCUT2D eigenvalue weighted by Gasteiger charge is -2.52. The molecule has 0 radical (unpaired) electrons. The molecule has 1 N–H and O–H groups in total. The fourth-order valence-electron chi connectivity index (χ4n) is 5.29. The monoisotopic (exact) mass is 522 g/mol. The van der Waals surface area contributed by atoms with Gasteiger partial charge in [-0.1, -0.05) is 97.9 Å². The maximum absolute atomic E-state index is 13.7. The van der Waals surface area contributed by atoms with E-state index in [2.05, 4.69) is 41.7 Å². The van der Waals surface area contributed by atoms with Crippen LogP contribution in [0.15, 0.2) is 91.0 Å². The quantitative estimate of drug-likeness (QED) is 0.274. The number of benzene rings is 3. The summed E-state index contributed by atoms with van der Waals surface area (Å²) >= 11 is 1.68. The normalized spacial score (nSPS) is 25.9. The van der Waals surface area contributed by atoms with Crippen LogP contribution >= 0.6 is 11.8 Å². The molecule has 8 heteroatoms. The number of rotatable bonds is 8. The van der Waals surface area contributed by atoms with Crippen LogP contribution in [0.4, 0.5) is 0 Å². The van der Waals surface area contributed by atoms with Gasteiger partial charge in [-0.2, -0.15) is 8.42 Å². The van der Waals surface area contributed by atoms with Crippen LogP contribution in [0.5, 0.6) is 0 Å². The van der Waals surface area contributed by atoms with E-state index in [9.17, 15) is 13.2 Å². The molecule has 188 valence electrons. The zero-order valence-corrected chi connectivity index (χ0v) is 22.1. The minimum absolute atomic E-state index is 0.000393. The Bertz CT molecular complexity index is 1240. The summed E-state index contributed by atoms with van der Waals surface area (Å²) in [6, 6.07) is 30.1. The number of carbonyl (C=O) groups excluding carboxylic acids is 1. The Hall–Kier alpha value is -2.65. The van der Waals surface area contributed by atoms with Gasteiger partial charge in [0.1, 0.15) is 11.4 Å². The van der Waals surface area contributed by atoms with E-state index in [-0.39, 0.29) is 23.1 Å². The highest BCUT2D eigenvalue weighted by Gasteiger charge is 2.64. The van der Waals surface area contributed by atoms with Gasteiger partial charge < -0.3 is 4.90 Å². The van der Waals surface area contributed by atoms with Crippen molar-refractivity contribution in [2.75, 3.05) is 12.9 Å². The molecule has 6 nitrogen and oxygen atoms in total. The third-order valence-corrected chi connectivity index (χ3v) is 9.59. The summed E-state index contributed by atoms with van der Waals surface area (Å²) in [7, 11) is -3.62. The van der Waals surface area contributed by atoms with E-state index >= 15 is 0 Å². The fraction of sp³-hybridized carbons (Fsp3) is 0.321. The molecule has 4 unspecified atom stereocenters. The summed E-state index contributed by atoms with van der Waals surface area (Å²) in [6.45, 7) is 3.87. The van der Waals surface area contributed by atoms with E-state index in [4.69, 9.17) is 4.18 Å². The number of β-lactam (4-membered cyclic amide) rings is 1. The number of nitrogens with one attached hydrogen (secondary N) is 1. The smallest absolute Gasteiger partial charge is 0.264 e. The Morgan fingerprint density at radius 2 is 1.36 bits per heavy atom. The largest absolute Gasteiger partial charge is 0.318 e. The van der Waals surface area contributed by atoms with Gasteiger partial charge in [-0.05, 0) is 23.6 Å². The average Bonchev–Trinajstić information content (AvgIpc) is 3.12. The van der Waals surface area contributed by atoms with Crippen molar-refractivity contribution in [2.24, 2.45) is 0 Å². The summed E-state index contributed by atoms with van der Waals surface area (Å²) in [6.07, 6.45) is 1.04. The molecule has 0 bridgehead atoms. The second-order valence-electron chi connectivity index (χ2n) is 9.67. The second-order valence-corrected chi connectivity index (χ2v) is 12.8. The summed E-state index contributed by atoms with van der Waals surface area (Å²) in [5.41, 5.74) is 1.62. The molecule has 2 saturated heterocycles. The number of carbonyl (C=O) groups is 1. The first-order valence-electron chi connectivity index (χ1n) is 11.9. The molecule has 2 aliphatic rings. The fourth-order valence-corrected chi connectivity index (χ4v) is 7.45. The lowest BCUT2D eigenvalue weighted by atomic mass is 9.75. The Labute approximate surface area is 217 Å². The molecule has 2 aliphatic heterocycles. The topological polar surface area (TPSA) is 75.7 Å². The SMILES string of the molecule is CC1SC2C(NC(c3ccccc3)(c3ccccc3)c3ccccc3)C(=O)N2C1(C)COS(C)(=O)=O. The molecule has 0 aliphatic carbocycles. The maximum atomic E-state index is 13.7. The van der Waals surface area contributed by atoms with Gasteiger partial charge in [-0.15, -0.1) is 11.8 Å². The second kappa shape index (κ2) is 9.34. The van der Waals surface area contributed by atoms with Crippen molar-refractivity contribution in [3.63, 3.8) is 0 Å². The van der Waals surface area contributed by atoms with Crippen molar-refractivity contribution >= 4 is 27.8 Å². The maximum Gasteiger partial charge on any atom is 0.264 e. The minimum Gasteiger partial charge on any atom is -0.318 e. The predicted molar refractivity (Wildman–Crippen MR) is 143 cm³/mol. The van der Waals surface area contributed by atoms with Crippen molar-refractivity contribution in [3.05, 3.63) is 108 Å². The van der Waals surface area contributed by atoms with Gasteiger partial charge >= 0.3 is 0 Å². The van der Waals surface area contributed by atoms with Crippen LogP contribution in [0.1, 0.15) is 30.5 Å². The highest BCUT2D eigenvalue weighted by atomic mass is 32.2. The predicted octanol–water partition coefficient (Wildman–Crippen LogP) is 3.98. The first-order valence-corrected chi connectivity index (χ1v) is 14.7. The zero-order chi connectivity index (χ0) is 25.6. The molecule has 0 aromatic heterocycles. The average molecular weight is 523 g/mol. The molecule has 5 rings (SSSR count). The van der Waals surface area contributed by atoms with Crippen LogP contribution in [-0.2, 0) is 24.6 Å². The Morgan fingerprint density at radius 3 is 1.78 bits per heavy atom. The number of fused-ring (bicyclic) bond motifs is 1. The molecule has 2 heterocycles. The Morgan fingerprint density at radius 1 is 0.917 bits per heavy atom. The molecule has 0 spiro atoms. The van der Waals surface area contributed by atoms with Gasteiger partial charge in [-0.25, -0.2) is 0 Å². The number of hydrogen-bond acceptors (Lipinski definition) is 6. The van der Waals surface area contributed by atoms with Crippen LogP contribution < -0.4 is 5.32 Å². The number of thioether (sulfide) groups is 1. The summed E-state index contributed by atoms with van der Waals surface area (Å²) < 4.78 is 28.6. The Kier molecular flexibility index (Phi) is 6.49. The van der Waals surface area contributed by atoms with Crippen molar-refractivity contribution < 1.29 is 17.4 Å². The first kappa shape index (κ1) is 25.0. The van der Waals surface area contributed by atoms with Gasteiger partial charge in [0.25, 0.3) is 10.1 Å². The molecular formula is C28H30N2O4S2. The Balaban J connectivity index is 1.57. The standard InChI is InChI=1S/C28H30N2O4S2/c1-20-27(2,19-34-36(3,32)33)30-25(31)24(26(30)35-20)29-28(21-13-7-4-8-14-21,22-15-9-5-10-16-22)23-17-11-6-12-18-23/h4-18,20,24,26,29H,19H2,1-3H3. The van der Waals surface area contributed by atoms with Gasteiger partial charge in [0.2, 0.25) is 5.91 Å². The molecule has 3 aromatic carbocycles. The van der Waals surface area contributed by atoms with Gasteiger partial charge in [-0.3, -0.25) is 14.3 Å². The lowest BCUT2D eigenvalue weighted by Crippen LogP contribution is -2.74. The third kappa shape index (κ3) is 4.16. The zero-order valence-electron chi connectivity index (χ0n) is 20.5. The number of nitrogens with zero attached hydrogens (tertiary/aromatic N) is 1. The molecule has 0 saturated carbocycles. The van der Waals surface area contributed by atoms with Gasteiger partial charge in [0.05, 0.1) is 23.9 Å². The van der Waals surface area contributed by atoms with E-state index < -0.39 is 27.2 Å². The highest BCUT2D eigenvalue weighted by Crippen LogP contribution is 2.51. The van der Waals surface area contributed by atoms with Crippen molar-refractivity contribution in [2.45, 2.75) is 41.6 Å². The van der Waals surface area contributed by atoms with E-state index in [1.165, 1.54) is 0 Å². The lowest BCUT2D eigenvalue weighted by molar-refractivity contribution is -0.155. The van der Waals surface area contributed by atoms with Crippen LogP contribution in [0, 0.1) is 0 Å². The van der Waals surface area contributed by atoms with Crippen molar-refractivity contribution in [1.29, 1.82) is 0 Å². The van der Waals surface area contributed by atoms with Gasteiger partial charge in [0.15, 0.2) is 0 Å². The van der Waals surface area contributed by atoms with Crippen LogP contribution in [0.3, 0.4) is 0 Å². The molecule has 2 fully saturated rings. The van der Waals surface area contributed by atoms with E-state index in [1.807, 2.05) is 68.4 Å². The molecular weight excluding hydrogens is 492 g/mol. The molecule has 1 amide bonds. The molecule has 36 heavy (non-hydrogen) atoms. The number of hydrogen-bond donors (Lipinski definition) is 1. The van der Waals surface area contributed by atoms with E-state index in [0.29, 0.717) is 0 Å². The van der Waals surface area contributed by atoms with E-state index in [1.54, 1.807) is 16.7 Å². The van der Waals surface area contributed by atoms with Crippen LogP contribution in [-0.4, -0.2) is 54.3 Å². The highest BCUT2D eigenvalue weighted by molar-refractivity contribution is 8.01. The summed E-state index contributed by atoms with van der Waals surface area (Å²) in [5, 5.41) is 3.65. The van der Waals surface area contributed by atoms with Crippen LogP contribution in [0.25, 0.3) is 0 Å². The van der Waals surface area contributed by atoms with Crippen molar-refractivity contribution in [3.8, 4) is 0 Å².